The van der Waals surface area contributed by atoms with Crippen molar-refractivity contribution in [3.63, 3.8) is 0 Å². The molecular weight excluding hydrogens is 242 g/mol. The second-order valence-electron chi connectivity index (χ2n) is 3.74. The number of H-pyrrole nitrogens is 1. The molecule has 0 saturated heterocycles. The smallest absolute Gasteiger partial charge is 0.172 e. The van der Waals surface area contributed by atoms with Gasteiger partial charge in [-0.1, -0.05) is 36.4 Å². The van der Waals surface area contributed by atoms with Gasteiger partial charge in [0.2, 0.25) is 0 Å². The fraction of sp³-hybridized carbons (Fsp3) is 0. The van der Waals surface area contributed by atoms with Gasteiger partial charge in [0.15, 0.2) is 5.16 Å². The molecular formula is C14H11N3S. The van der Waals surface area contributed by atoms with Crippen LogP contribution in [0.25, 0.3) is 11.3 Å². The lowest BCUT2D eigenvalue weighted by Gasteiger charge is -1.97. The molecule has 3 aromatic rings. The molecule has 2 heterocycles. The molecule has 1 aromatic carbocycles. The van der Waals surface area contributed by atoms with Crippen LogP contribution >= 0.6 is 11.8 Å². The van der Waals surface area contributed by atoms with Crippen LogP contribution in [-0.2, 0) is 0 Å². The van der Waals surface area contributed by atoms with Gasteiger partial charge < -0.3 is 4.98 Å². The molecule has 18 heavy (non-hydrogen) atoms. The van der Waals surface area contributed by atoms with Crippen LogP contribution in [0.1, 0.15) is 0 Å². The maximum atomic E-state index is 4.36. The van der Waals surface area contributed by atoms with Crippen LogP contribution in [0, 0.1) is 0 Å². The van der Waals surface area contributed by atoms with Gasteiger partial charge in [-0.3, -0.25) is 0 Å². The van der Waals surface area contributed by atoms with Gasteiger partial charge in [0.05, 0.1) is 11.9 Å². The second kappa shape index (κ2) is 5.06. The van der Waals surface area contributed by atoms with Crippen LogP contribution in [0.3, 0.4) is 0 Å². The van der Waals surface area contributed by atoms with Crippen LogP contribution in [-0.4, -0.2) is 15.0 Å². The third kappa shape index (κ3) is 2.43. The molecule has 0 unspecified atom stereocenters. The maximum absolute atomic E-state index is 4.36. The molecule has 3 rings (SSSR count). The quantitative estimate of drug-likeness (QED) is 0.775. The Morgan fingerprint density at radius 2 is 1.72 bits per heavy atom. The van der Waals surface area contributed by atoms with Crippen molar-refractivity contribution in [2.24, 2.45) is 0 Å². The van der Waals surface area contributed by atoms with Gasteiger partial charge in [-0.05, 0) is 29.5 Å². The monoisotopic (exact) mass is 253 g/mol. The number of pyridine rings is 1. The van der Waals surface area contributed by atoms with Crippen LogP contribution < -0.4 is 0 Å². The number of rotatable bonds is 3. The summed E-state index contributed by atoms with van der Waals surface area (Å²) in [5.74, 6) is 0. The third-order valence-corrected chi connectivity index (χ3v) is 3.33. The molecule has 1 N–H and O–H groups in total. The Kier molecular flexibility index (Phi) is 3.10. The molecule has 0 aliphatic rings. The largest absolute Gasteiger partial charge is 0.333 e. The van der Waals surface area contributed by atoms with Crippen molar-refractivity contribution in [1.82, 2.24) is 15.0 Å². The minimum Gasteiger partial charge on any atom is -0.333 e. The molecule has 3 nitrogen and oxygen atoms in total. The summed E-state index contributed by atoms with van der Waals surface area (Å²) in [7, 11) is 0. The van der Waals surface area contributed by atoms with Crippen LogP contribution in [0.4, 0.5) is 0 Å². The Labute approximate surface area is 109 Å². The molecule has 0 radical (unpaired) electrons. The van der Waals surface area contributed by atoms with Crippen molar-refractivity contribution in [3.8, 4) is 11.3 Å². The van der Waals surface area contributed by atoms with Gasteiger partial charge in [-0.2, -0.15) is 0 Å². The number of aromatic nitrogens is 3. The Balaban J connectivity index is 1.82. The fourth-order valence-corrected chi connectivity index (χ4v) is 2.35. The van der Waals surface area contributed by atoms with E-state index in [0.717, 1.165) is 21.4 Å². The predicted molar refractivity (Wildman–Crippen MR) is 72.4 cm³/mol. The van der Waals surface area contributed by atoms with Gasteiger partial charge in [0.1, 0.15) is 5.03 Å². The highest BCUT2D eigenvalue weighted by Crippen LogP contribution is 2.25. The molecule has 0 amide bonds. The van der Waals surface area contributed by atoms with Crippen molar-refractivity contribution in [2.45, 2.75) is 10.2 Å². The van der Waals surface area contributed by atoms with Crippen molar-refractivity contribution >= 4 is 11.8 Å². The van der Waals surface area contributed by atoms with E-state index < -0.39 is 0 Å². The molecule has 4 heteroatoms. The molecule has 88 valence electrons. The molecule has 0 aliphatic heterocycles. The van der Waals surface area contributed by atoms with Crippen LogP contribution in [0.15, 0.2) is 71.1 Å². The lowest BCUT2D eigenvalue weighted by molar-refractivity contribution is 1.04. The lowest BCUT2D eigenvalue weighted by Crippen LogP contribution is -1.80. The van der Waals surface area contributed by atoms with Gasteiger partial charge in [-0.15, -0.1) is 0 Å². The molecule has 2 aromatic heterocycles. The lowest BCUT2D eigenvalue weighted by atomic mass is 10.2. The highest BCUT2D eigenvalue weighted by Gasteiger charge is 2.04. The first-order valence-corrected chi connectivity index (χ1v) is 6.43. The fourth-order valence-electron chi connectivity index (χ4n) is 1.63. The zero-order valence-corrected chi connectivity index (χ0v) is 10.4. The van der Waals surface area contributed by atoms with E-state index >= 15 is 0 Å². The van der Waals surface area contributed by atoms with Crippen molar-refractivity contribution in [3.05, 3.63) is 60.9 Å². The first-order valence-electron chi connectivity index (χ1n) is 5.61. The summed E-state index contributed by atoms with van der Waals surface area (Å²) in [6, 6.07) is 16.0. The SMILES string of the molecule is c1ccc(-c2cnc(Sc3ccccn3)[nH]2)cc1. The van der Waals surface area contributed by atoms with Gasteiger partial charge in [0.25, 0.3) is 0 Å². The summed E-state index contributed by atoms with van der Waals surface area (Å²) in [4.78, 5) is 11.9. The van der Waals surface area contributed by atoms with E-state index in [-0.39, 0.29) is 0 Å². The topological polar surface area (TPSA) is 41.6 Å². The second-order valence-corrected chi connectivity index (χ2v) is 4.75. The first kappa shape index (κ1) is 11.0. The molecule has 0 saturated carbocycles. The number of hydrogen-bond acceptors (Lipinski definition) is 3. The van der Waals surface area contributed by atoms with Crippen molar-refractivity contribution < 1.29 is 0 Å². The van der Waals surface area contributed by atoms with Gasteiger partial charge in [-0.25, -0.2) is 9.97 Å². The summed E-state index contributed by atoms with van der Waals surface area (Å²) >= 11 is 1.53. The number of nitrogens with one attached hydrogen (secondary N) is 1. The maximum Gasteiger partial charge on any atom is 0.172 e. The summed E-state index contributed by atoms with van der Waals surface area (Å²) in [6.07, 6.45) is 3.63. The number of aromatic amines is 1. The number of imidazole rings is 1. The molecule has 0 fully saturated rings. The van der Waals surface area contributed by atoms with Crippen molar-refractivity contribution in [2.75, 3.05) is 0 Å². The van der Waals surface area contributed by atoms with E-state index in [1.807, 2.05) is 42.6 Å². The molecule has 0 spiro atoms. The molecule has 0 aliphatic carbocycles. The number of benzene rings is 1. The Morgan fingerprint density at radius 1 is 0.889 bits per heavy atom. The minimum absolute atomic E-state index is 0.854. The first-order chi connectivity index (χ1) is 8.92. The average Bonchev–Trinajstić information content (AvgIpc) is 2.89. The standard InChI is InChI=1S/C14H11N3S/c1-2-6-11(7-3-1)12-10-16-14(17-12)18-13-8-4-5-9-15-13/h1-10H,(H,16,17). The van der Waals surface area contributed by atoms with E-state index in [2.05, 4.69) is 27.1 Å². The summed E-state index contributed by atoms with van der Waals surface area (Å²) in [6.45, 7) is 0. The summed E-state index contributed by atoms with van der Waals surface area (Å²) < 4.78 is 0. The van der Waals surface area contributed by atoms with E-state index in [4.69, 9.17) is 0 Å². The Bertz CT molecular complexity index is 620. The Morgan fingerprint density at radius 3 is 2.50 bits per heavy atom. The van der Waals surface area contributed by atoms with E-state index in [1.165, 1.54) is 11.8 Å². The van der Waals surface area contributed by atoms with Crippen molar-refractivity contribution in [1.29, 1.82) is 0 Å². The van der Waals surface area contributed by atoms with Gasteiger partial charge in [0, 0.05) is 6.20 Å². The minimum atomic E-state index is 0.854. The van der Waals surface area contributed by atoms with Gasteiger partial charge >= 0.3 is 0 Å². The Hall–Kier alpha value is -2.07. The third-order valence-electron chi connectivity index (χ3n) is 2.48. The molecule has 0 bridgehead atoms. The average molecular weight is 253 g/mol. The van der Waals surface area contributed by atoms with E-state index in [9.17, 15) is 0 Å². The zero-order valence-electron chi connectivity index (χ0n) is 9.58. The zero-order chi connectivity index (χ0) is 12.2. The highest BCUT2D eigenvalue weighted by atomic mass is 32.2. The van der Waals surface area contributed by atoms with E-state index in [1.54, 1.807) is 6.20 Å². The number of nitrogens with zero attached hydrogens (tertiary/aromatic N) is 2. The highest BCUT2D eigenvalue weighted by molar-refractivity contribution is 7.99. The van der Waals surface area contributed by atoms with Crippen LogP contribution in [0.5, 0.6) is 0 Å². The van der Waals surface area contributed by atoms with E-state index in [0.29, 0.717) is 0 Å². The number of hydrogen-bond donors (Lipinski definition) is 1. The normalized spacial score (nSPS) is 10.4. The summed E-state index contributed by atoms with van der Waals surface area (Å²) in [5.41, 5.74) is 2.16. The summed E-state index contributed by atoms with van der Waals surface area (Å²) in [5, 5.41) is 1.79. The predicted octanol–water partition coefficient (Wildman–Crippen LogP) is 3.62. The van der Waals surface area contributed by atoms with Crippen LogP contribution in [0.2, 0.25) is 0 Å². The molecule has 0 atom stereocenters.